The number of ether oxygens (including phenoxy) is 1. The number of carbonyl (C=O) groups excluding carboxylic acids is 2. The minimum Gasteiger partial charge on any atom is -0.487 e. The third-order valence-electron chi connectivity index (χ3n) is 7.18. The first-order chi connectivity index (χ1) is 17.3. The van der Waals surface area contributed by atoms with E-state index in [2.05, 4.69) is 10.6 Å². The van der Waals surface area contributed by atoms with E-state index in [1.807, 2.05) is 52.0 Å². The number of para-hydroxylation sites is 1. The summed E-state index contributed by atoms with van der Waals surface area (Å²) in [6.07, 6.45) is 0.893. The molecule has 37 heavy (non-hydrogen) atoms. The van der Waals surface area contributed by atoms with Gasteiger partial charge in [0.25, 0.3) is 5.91 Å². The maximum Gasteiger partial charge on any atom is 0.251 e. The second-order valence-electron chi connectivity index (χ2n) is 11.3. The Kier molecular flexibility index (Phi) is 5.86. The van der Waals surface area contributed by atoms with Crippen molar-refractivity contribution in [2.75, 3.05) is 5.75 Å². The Balaban J connectivity index is 1.48. The zero-order chi connectivity index (χ0) is 26.8. The van der Waals surface area contributed by atoms with Crippen molar-refractivity contribution >= 4 is 27.6 Å². The number of hydrogen-bond acceptors (Lipinski definition) is 6. The van der Waals surface area contributed by atoms with Gasteiger partial charge in [0.2, 0.25) is 5.91 Å². The first-order valence-corrected chi connectivity index (χ1v) is 14.1. The summed E-state index contributed by atoms with van der Waals surface area (Å²) in [5.74, 6) is -0.0725. The Morgan fingerprint density at radius 2 is 1.86 bits per heavy atom. The molecule has 0 unspecified atom stereocenters. The summed E-state index contributed by atoms with van der Waals surface area (Å²) < 4.78 is 31.8. The molecule has 0 saturated carbocycles. The molecular weight excluding hydrogens is 492 g/mol. The quantitative estimate of drug-likeness (QED) is 0.564. The Morgan fingerprint density at radius 3 is 2.59 bits per heavy atom. The van der Waals surface area contributed by atoms with Crippen molar-refractivity contribution in [2.45, 2.75) is 75.1 Å². The summed E-state index contributed by atoms with van der Waals surface area (Å²) in [5.41, 5.74) is 0.508. The summed E-state index contributed by atoms with van der Waals surface area (Å²) in [7, 11) is -3.57. The normalized spacial score (nSPS) is 25.2. The molecule has 1 fully saturated rings. The van der Waals surface area contributed by atoms with E-state index < -0.39 is 27.0 Å². The Bertz CT molecular complexity index is 1400. The summed E-state index contributed by atoms with van der Waals surface area (Å²) in [5, 5.41) is 14.6. The first kappa shape index (κ1) is 25.3. The molecule has 3 heterocycles. The molecule has 9 nitrogen and oxygen atoms in total. The lowest BCUT2D eigenvalue weighted by molar-refractivity contribution is -0.132. The van der Waals surface area contributed by atoms with Crippen LogP contribution in [0, 0.1) is 5.41 Å². The highest BCUT2D eigenvalue weighted by Crippen LogP contribution is 2.41. The van der Waals surface area contributed by atoms with Gasteiger partial charge in [0, 0.05) is 29.5 Å². The molecule has 3 N–H and O–H groups in total. The van der Waals surface area contributed by atoms with Gasteiger partial charge in [0.05, 0.1) is 22.7 Å². The van der Waals surface area contributed by atoms with Crippen LogP contribution in [0.25, 0.3) is 0 Å². The minimum absolute atomic E-state index is 0.0626. The van der Waals surface area contributed by atoms with Crippen molar-refractivity contribution < 1.29 is 22.7 Å². The fourth-order valence-electron chi connectivity index (χ4n) is 5.55. The third kappa shape index (κ3) is 4.70. The van der Waals surface area contributed by atoms with E-state index >= 15 is 0 Å². The van der Waals surface area contributed by atoms with Crippen molar-refractivity contribution in [1.82, 2.24) is 15.5 Å². The maximum absolute atomic E-state index is 13.4. The molecule has 3 aliphatic heterocycles. The van der Waals surface area contributed by atoms with Crippen LogP contribution in [0.4, 0.5) is 0 Å². The van der Waals surface area contributed by atoms with Crippen LogP contribution < -0.4 is 15.4 Å². The van der Waals surface area contributed by atoms with Gasteiger partial charge in [-0.15, -0.1) is 0 Å². The fourth-order valence-corrected chi connectivity index (χ4v) is 7.13. The molecular formula is C27H32N4O5S. The van der Waals surface area contributed by atoms with Crippen LogP contribution in [0.3, 0.4) is 0 Å². The molecule has 0 aromatic heterocycles. The zero-order valence-corrected chi connectivity index (χ0v) is 22.2. The van der Waals surface area contributed by atoms with Gasteiger partial charge in [-0.05, 0) is 63.9 Å². The van der Waals surface area contributed by atoms with E-state index in [0.717, 1.165) is 11.3 Å². The maximum atomic E-state index is 13.4. The lowest BCUT2D eigenvalue weighted by atomic mass is 9.89. The number of sulfone groups is 1. The van der Waals surface area contributed by atoms with Gasteiger partial charge in [-0.3, -0.25) is 19.9 Å². The number of carbonyl (C=O) groups is 2. The van der Waals surface area contributed by atoms with Crippen LogP contribution in [0.5, 0.6) is 5.75 Å². The SMILES string of the molecule is CC1(C)CC(=O)N([C@@H]2CCS(=O)(=O)c3ccc(C(=O)N[C@H]4CC(C)(C)Oc5ccccc54)cc32)C(=N)N1. The third-order valence-corrected chi connectivity index (χ3v) is 8.99. The fraction of sp³-hybridized carbons (Fsp3) is 0.444. The molecule has 0 aliphatic carbocycles. The molecule has 196 valence electrons. The molecule has 0 bridgehead atoms. The second-order valence-corrected chi connectivity index (χ2v) is 13.4. The van der Waals surface area contributed by atoms with Crippen molar-refractivity contribution in [1.29, 1.82) is 5.41 Å². The van der Waals surface area contributed by atoms with Gasteiger partial charge in [0.15, 0.2) is 15.8 Å². The molecule has 3 aliphatic rings. The molecule has 1 saturated heterocycles. The average Bonchev–Trinajstić information content (AvgIpc) is 2.78. The summed E-state index contributed by atoms with van der Waals surface area (Å²) >= 11 is 0. The molecule has 2 aromatic rings. The van der Waals surface area contributed by atoms with Crippen LogP contribution in [0.1, 0.15) is 80.5 Å². The summed E-state index contributed by atoms with van der Waals surface area (Å²) in [6, 6.07) is 11.2. The van der Waals surface area contributed by atoms with Crippen molar-refractivity contribution in [3.8, 4) is 5.75 Å². The molecule has 0 radical (unpaired) electrons. The highest BCUT2D eigenvalue weighted by molar-refractivity contribution is 7.91. The van der Waals surface area contributed by atoms with E-state index in [9.17, 15) is 18.0 Å². The highest BCUT2D eigenvalue weighted by Gasteiger charge is 2.43. The number of fused-ring (bicyclic) bond motifs is 2. The number of nitrogens with zero attached hydrogens (tertiary/aromatic N) is 1. The largest absolute Gasteiger partial charge is 0.487 e. The lowest BCUT2D eigenvalue weighted by Crippen LogP contribution is -2.60. The first-order valence-electron chi connectivity index (χ1n) is 12.4. The van der Waals surface area contributed by atoms with Gasteiger partial charge >= 0.3 is 0 Å². The van der Waals surface area contributed by atoms with Gasteiger partial charge < -0.3 is 15.4 Å². The number of hydrogen-bond donors (Lipinski definition) is 3. The molecule has 5 rings (SSSR count). The van der Waals surface area contributed by atoms with Crippen molar-refractivity contribution in [3.63, 3.8) is 0 Å². The van der Waals surface area contributed by atoms with E-state index in [0.29, 0.717) is 17.5 Å². The van der Waals surface area contributed by atoms with E-state index in [4.69, 9.17) is 10.1 Å². The summed E-state index contributed by atoms with van der Waals surface area (Å²) in [6.45, 7) is 7.62. The average molecular weight is 525 g/mol. The summed E-state index contributed by atoms with van der Waals surface area (Å²) in [4.78, 5) is 27.9. The smallest absolute Gasteiger partial charge is 0.251 e. The molecule has 2 aromatic carbocycles. The van der Waals surface area contributed by atoms with E-state index in [1.165, 1.54) is 17.0 Å². The lowest BCUT2D eigenvalue weighted by Gasteiger charge is -2.43. The van der Waals surface area contributed by atoms with E-state index in [-0.39, 0.29) is 47.3 Å². The number of benzene rings is 2. The van der Waals surface area contributed by atoms with Crippen LogP contribution in [-0.4, -0.2) is 48.0 Å². The number of rotatable bonds is 3. The highest BCUT2D eigenvalue weighted by atomic mass is 32.2. The molecule has 2 amide bonds. The van der Waals surface area contributed by atoms with E-state index in [1.54, 1.807) is 6.07 Å². The Hall–Kier alpha value is -3.40. The standard InChI is InChI=1S/C27H32N4O5S/c1-26(2)15-23(32)31(25(28)30-26)20-11-12-37(34,35)22-10-9-16(13-18(20)22)24(33)29-19-14-27(3,4)36-21-8-6-5-7-17(19)21/h5-10,13,19-20H,11-12,14-15H2,1-4H3,(H2,28,30)(H,29,33)/t19-,20+/m0/s1. The van der Waals surface area contributed by atoms with Crippen LogP contribution >= 0.6 is 0 Å². The topological polar surface area (TPSA) is 129 Å². The van der Waals surface area contributed by atoms with Crippen LogP contribution in [0.2, 0.25) is 0 Å². The van der Waals surface area contributed by atoms with Crippen LogP contribution in [-0.2, 0) is 14.6 Å². The Labute approximate surface area is 217 Å². The minimum atomic E-state index is -3.57. The zero-order valence-electron chi connectivity index (χ0n) is 21.4. The van der Waals surface area contributed by atoms with Crippen LogP contribution in [0.15, 0.2) is 47.4 Å². The number of amides is 2. The van der Waals surface area contributed by atoms with Crippen molar-refractivity contribution in [3.05, 3.63) is 59.2 Å². The number of nitrogens with one attached hydrogen (secondary N) is 3. The van der Waals surface area contributed by atoms with Gasteiger partial charge in [0.1, 0.15) is 11.4 Å². The predicted octanol–water partition coefficient (Wildman–Crippen LogP) is 3.47. The number of guanidine groups is 1. The van der Waals surface area contributed by atoms with Crippen molar-refractivity contribution in [2.24, 2.45) is 0 Å². The second kappa shape index (κ2) is 8.58. The van der Waals surface area contributed by atoms with Gasteiger partial charge in [-0.1, -0.05) is 18.2 Å². The monoisotopic (exact) mass is 524 g/mol. The van der Waals surface area contributed by atoms with Gasteiger partial charge in [-0.2, -0.15) is 0 Å². The molecule has 10 heteroatoms. The Morgan fingerprint density at radius 1 is 1.14 bits per heavy atom. The predicted molar refractivity (Wildman–Crippen MR) is 138 cm³/mol. The van der Waals surface area contributed by atoms with Gasteiger partial charge in [-0.25, -0.2) is 8.42 Å². The molecule has 0 spiro atoms. The molecule has 2 atom stereocenters.